The van der Waals surface area contributed by atoms with Crippen LogP contribution in [0.3, 0.4) is 0 Å². The van der Waals surface area contributed by atoms with Crippen LogP contribution in [0.2, 0.25) is 0 Å². The molecule has 4 aromatic rings. The Labute approximate surface area is 180 Å². The summed E-state index contributed by atoms with van der Waals surface area (Å²) in [6.45, 7) is 0.753. The standard InChI is InChI=1S/C26H23NO2S/c28-26(29)23-13-17(16-27-23)12-20-11-10-19(18-6-2-1-3-7-18)14-22(20)25-15-21-8-4-5-9-24(21)30-25/h1-11,14-15,17,23,27H,12-13,16H2,(H,28,29)/t17?,23-/m0/s1. The van der Waals surface area contributed by atoms with Gasteiger partial charge >= 0.3 is 5.97 Å². The monoisotopic (exact) mass is 413 g/mol. The summed E-state index contributed by atoms with van der Waals surface area (Å²) in [5.41, 5.74) is 4.97. The van der Waals surface area contributed by atoms with Gasteiger partial charge < -0.3 is 10.4 Å². The zero-order valence-corrected chi connectivity index (χ0v) is 17.4. The van der Waals surface area contributed by atoms with Crippen LogP contribution < -0.4 is 5.32 Å². The van der Waals surface area contributed by atoms with E-state index in [1.807, 2.05) is 17.4 Å². The highest BCUT2D eigenvalue weighted by molar-refractivity contribution is 7.22. The fourth-order valence-electron chi connectivity index (χ4n) is 4.37. The van der Waals surface area contributed by atoms with Gasteiger partial charge in [0.2, 0.25) is 0 Å². The van der Waals surface area contributed by atoms with Gasteiger partial charge in [-0.1, -0.05) is 60.7 Å². The zero-order chi connectivity index (χ0) is 20.5. The van der Waals surface area contributed by atoms with Gasteiger partial charge in [-0.3, -0.25) is 4.79 Å². The van der Waals surface area contributed by atoms with Crippen molar-refractivity contribution in [3.8, 4) is 21.6 Å². The number of aliphatic carboxylic acids is 1. The number of carboxylic acids is 1. The first-order valence-electron chi connectivity index (χ1n) is 10.3. The molecule has 30 heavy (non-hydrogen) atoms. The Morgan fingerprint density at radius 2 is 1.77 bits per heavy atom. The second-order valence-electron chi connectivity index (χ2n) is 7.99. The predicted molar refractivity (Wildman–Crippen MR) is 124 cm³/mol. The van der Waals surface area contributed by atoms with Crippen molar-refractivity contribution in [1.29, 1.82) is 0 Å². The lowest BCUT2D eigenvalue weighted by Crippen LogP contribution is -2.29. The summed E-state index contributed by atoms with van der Waals surface area (Å²) in [4.78, 5) is 12.6. The van der Waals surface area contributed by atoms with E-state index in [0.717, 1.165) is 13.0 Å². The molecule has 3 aromatic carbocycles. The molecule has 1 unspecified atom stereocenters. The van der Waals surface area contributed by atoms with Crippen LogP contribution in [0.15, 0.2) is 78.9 Å². The van der Waals surface area contributed by atoms with Crippen molar-refractivity contribution in [3.63, 3.8) is 0 Å². The smallest absolute Gasteiger partial charge is 0.320 e. The van der Waals surface area contributed by atoms with Crippen molar-refractivity contribution < 1.29 is 9.90 Å². The first-order valence-corrected chi connectivity index (χ1v) is 11.1. The molecule has 1 fully saturated rings. The molecule has 0 bridgehead atoms. The molecule has 0 aliphatic carbocycles. The molecule has 2 heterocycles. The summed E-state index contributed by atoms with van der Waals surface area (Å²) in [5, 5.41) is 13.7. The fourth-order valence-corrected chi connectivity index (χ4v) is 5.49. The van der Waals surface area contributed by atoms with Gasteiger partial charge in [-0.2, -0.15) is 0 Å². The van der Waals surface area contributed by atoms with Gasteiger partial charge in [0.1, 0.15) is 6.04 Å². The fraction of sp³-hybridized carbons (Fsp3) is 0.192. The quantitative estimate of drug-likeness (QED) is 0.432. The van der Waals surface area contributed by atoms with Crippen molar-refractivity contribution in [2.45, 2.75) is 18.9 Å². The molecular formula is C26H23NO2S. The summed E-state index contributed by atoms with van der Waals surface area (Å²) < 4.78 is 1.29. The molecule has 1 aromatic heterocycles. The Bertz CT molecular complexity index is 1170. The van der Waals surface area contributed by atoms with Gasteiger partial charge in [0.05, 0.1) is 0 Å². The number of rotatable bonds is 5. The van der Waals surface area contributed by atoms with Crippen molar-refractivity contribution >= 4 is 27.4 Å². The molecule has 5 rings (SSSR count). The number of carboxylic acid groups (broad SMARTS) is 1. The third kappa shape index (κ3) is 3.76. The van der Waals surface area contributed by atoms with Crippen LogP contribution in [-0.4, -0.2) is 23.7 Å². The Hall–Kier alpha value is -2.95. The van der Waals surface area contributed by atoms with E-state index < -0.39 is 12.0 Å². The minimum Gasteiger partial charge on any atom is -0.480 e. The zero-order valence-electron chi connectivity index (χ0n) is 16.5. The van der Waals surface area contributed by atoms with Crippen molar-refractivity contribution in [2.75, 3.05) is 6.54 Å². The maximum atomic E-state index is 11.3. The first kappa shape index (κ1) is 19.0. The normalized spacial score (nSPS) is 18.7. The highest BCUT2D eigenvalue weighted by Gasteiger charge is 2.29. The highest BCUT2D eigenvalue weighted by Crippen LogP contribution is 2.38. The molecule has 4 heteroatoms. The van der Waals surface area contributed by atoms with Crippen LogP contribution in [0, 0.1) is 5.92 Å². The van der Waals surface area contributed by atoms with Crippen LogP contribution in [0.1, 0.15) is 12.0 Å². The lowest BCUT2D eigenvalue weighted by molar-refractivity contribution is -0.139. The van der Waals surface area contributed by atoms with Crippen LogP contribution in [0.25, 0.3) is 31.7 Å². The number of hydrogen-bond donors (Lipinski definition) is 2. The largest absolute Gasteiger partial charge is 0.480 e. The highest BCUT2D eigenvalue weighted by atomic mass is 32.1. The summed E-state index contributed by atoms with van der Waals surface area (Å²) in [6.07, 6.45) is 1.57. The molecule has 1 saturated heterocycles. The van der Waals surface area contributed by atoms with Crippen LogP contribution in [0.5, 0.6) is 0 Å². The number of fused-ring (bicyclic) bond motifs is 1. The van der Waals surface area contributed by atoms with Gasteiger partial charge in [0, 0.05) is 9.58 Å². The second kappa shape index (κ2) is 8.05. The Kier molecular flexibility index (Phi) is 5.11. The maximum absolute atomic E-state index is 11.3. The molecule has 3 nitrogen and oxygen atoms in total. The molecule has 150 valence electrons. The minimum absolute atomic E-state index is 0.335. The average Bonchev–Trinajstić information content (AvgIpc) is 3.42. The third-order valence-corrected chi connectivity index (χ3v) is 7.09. The Balaban J connectivity index is 1.55. The van der Waals surface area contributed by atoms with Crippen molar-refractivity contribution in [3.05, 3.63) is 84.4 Å². The molecule has 2 N–H and O–H groups in total. The maximum Gasteiger partial charge on any atom is 0.320 e. The van der Waals surface area contributed by atoms with E-state index in [1.165, 1.54) is 37.2 Å². The average molecular weight is 414 g/mol. The number of hydrogen-bond acceptors (Lipinski definition) is 3. The van der Waals surface area contributed by atoms with E-state index in [1.54, 1.807) is 0 Å². The number of thiophene rings is 1. The van der Waals surface area contributed by atoms with Crippen molar-refractivity contribution in [2.24, 2.45) is 5.92 Å². The topological polar surface area (TPSA) is 49.3 Å². The van der Waals surface area contributed by atoms with Gasteiger partial charge in [-0.05, 0) is 71.1 Å². The molecule has 1 aliphatic heterocycles. The van der Waals surface area contributed by atoms with E-state index in [2.05, 4.69) is 78.1 Å². The molecule has 1 aliphatic rings. The van der Waals surface area contributed by atoms with E-state index >= 15 is 0 Å². The third-order valence-electron chi connectivity index (χ3n) is 5.94. The molecule has 0 saturated carbocycles. The van der Waals surface area contributed by atoms with Gasteiger partial charge in [0.15, 0.2) is 0 Å². The molecule has 2 atom stereocenters. The number of carbonyl (C=O) groups is 1. The Morgan fingerprint density at radius 1 is 0.967 bits per heavy atom. The lowest BCUT2D eigenvalue weighted by Gasteiger charge is -2.15. The van der Waals surface area contributed by atoms with Gasteiger partial charge in [-0.15, -0.1) is 11.3 Å². The summed E-state index contributed by atoms with van der Waals surface area (Å²) in [7, 11) is 0. The van der Waals surface area contributed by atoms with Gasteiger partial charge in [0.25, 0.3) is 0 Å². The van der Waals surface area contributed by atoms with E-state index in [0.29, 0.717) is 12.3 Å². The molecule has 0 spiro atoms. The lowest BCUT2D eigenvalue weighted by atomic mass is 9.90. The van der Waals surface area contributed by atoms with E-state index in [9.17, 15) is 9.90 Å². The predicted octanol–water partition coefficient (Wildman–Crippen LogP) is 5.84. The van der Waals surface area contributed by atoms with E-state index in [4.69, 9.17) is 0 Å². The minimum atomic E-state index is -0.748. The van der Waals surface area contributed by atoms with Crippen LogP contribution in [-0.2, 0) is 11.2 Å². The Morgan fingerprint density at radius 3 is 2.53 bits per heavy atom. The first-order chi connectivity index (χ1) is 14.7. The van der Waals surface area contributed by atoms with Crippen molar-refractivity contribution in [1.82, 2.24) is 5.32 Å². The molecule has 0 radical (unpaired) electrons. The second-order valence-corrected chi connectivity index (χ2v) is 9.08. The summed E-state index contributed by atoms with van der Waals surface area (Å²) in [5.74, 6) is -0.413. The number of nitrogens with one attached hydrogen (secondary N) is 1. The SMILES string of the molecule is O=C(O)[C@@H]1CC(Cc2ccc(-c3ccccc3)cc2-c2cc3ccccc3s2)CN1. The number of benzene rings is 3. The molecular weight excluding hydrogens is 390 g/mol. The summed E-state index contributed by atoms with van der Waals surface area (Å²) in [6, 6.07) is 27.5. The van der Waals surface area contributed by atoms with Crippen LogP contribution in [0.4, 0.5) is 0 Å². The van der Waals surface area contributed by atoms with E-state index in [-0.39, 0.29) is 0 Å². The summed E-state index contributed by atoms with van der Waals surface area (Å²) >= 11 is 1.82. The molecule has 0 amide bonds. The van der Waals surface area contributed by atoms with Gasteiger partial charge in [-0.25, -0.2) is 0 Å². The van der Waals surface area contributed by atoms with Crippen LogP contribution >= 0.6 is 11.3 Å².